The first kappa shape index (κ1) is 18.2. The van der Waals surface area contributed by atoms with E-state index in [1.807, 2.05) is 0 Å². The van der Waals surface area contributed by atoms with Crippen molar-refractivity contribution >= 4 is 17.7 Å². The monoisotopic (exact) mass is 326 g/mol. The number of urea groups is 1. The number of benzene rings is 1. The SMILES string of the molecule is CCOc1c(OC)cc(OC)c(OCC)c1NC(=O)N=C(N)N. The molecule has 23 heavy (non-hydrogen) atoms. The minimum Gasteiger partial charge on any atom is -0.493 e. The van der Waals surface area contributed by atoms with Crippen LogP contribution in [-0.4, -0.2) is 39.4 Å². The largest absolute Gasteiger partial charge is 0.493 e. The van der Waals surface area contributed by atoms with E-state index >= 15 is 0 Å². The molecule has 1 aromatic carbocycles. The van der Waals surface area contributed by atoms with Gasteiger partial charge in [0.05, 0.1) is 27.4 Å². The summed E-state index contributed by atoms with van der Waals surface area (Å²) in [5.74, 6) is 0.948. The van der Waals surface area contributed by atoms with E-state index in [1.54, 1.807) is 19.9 Å². The van der Waals surface area contributed by atoms with Crippen LogP contribution in [0, 0.1) is 0 Å². The second-order valence-corrected chi connectivity index (χ2v) is 4.15. The average molecular weight is 326 g/mol. The number of carbonyl (C=O) groups excluding carboxylic acids is 1. The molecule has 1 aromatic rings. The van der Waals surface area contributed by atoms with E-state index in [0.29, 0.717) is 36.2 Å². The maximum atomic E-state index is 11.9. The average Bonchev–Trinajstić information content (AvgIpc) is 2.50. The molecule has 0 aliphatic carbocycles. The highest BCUT2D eigenvalue weighted by molar-refractivity contribution is 6.00. The maximum Gasteiger partial charge on any atom is 0.348 e. The molecule has 0 fully saturated rings. The van der Waals surface area contributed by atoms with Gasteiger partial charge < -0.3 is 30.4 Å². The zero-order valence-corrected chi connectivity index (χ0v) is 13.6. The Hall–Kier alpha value is -2.84. The third-order valence-corrected chi connectivity index (χ3v) is 2.64. The van der Waals surface area contributed by atoms with Gasteiger partial charge in [-0.05, 0) is 13.8 Å². The summed E-state index contributed by atoms with van der Waals surface area (Å²) in [5, 5.41) is 2.53. The van der Waals surface area contributed by atoms with Gasteiger partial charge in [-0.25, -0.2) is 4.79 Å². The zero-order chi connectivity index (χ0) is 17.4. The van der Waals surface area contributed by atoms with Gasteiger partial charge in [-0.2, -0.15) is 4.99 Å². The van der Waals surface area contributed by atoms with Crippen LogP contribution in [0.25, 0.3) is 0 Å². The fourth-order valence-corrected chi connectivity index (χ4v) is 1.84. The van der Waals surface area contributed by atoms with E-state index in [-0.39, 0.29) is 11.6 Å². The lowest BCUT2D eigenvalue weighted by Crippen LogP contribution is -2.25. The van der Waals surface area contributed by atoms with E-state index in [9.17, 15) is 4.79 Å². The van der Waals surface area contributed by atoms with Crippen molar-refractivity contribution < 1.29 is 23.7 Å². The smallest absolute Gasteiger partial charge is 0.348 e. The van der Waals surface area contributed by atoms with Crippen LogP contribution >= 0.6 is 0 Å². The number of nitrogens with two attached hydrogens (primary N) is 2. The lowest BCUT2D eigenvalue weighted by molar-refractivity contribution is 0.258. The molecule has 9 nitrogen and oxygen atoms in total. The summed E-state index contributed by atoms with van der Waals surface area (Å²) >= 11 is 0. The van der Waals surface area contributed by atoms with E-state index < -0.39 is 6.03 Å². The van der Waals surface area contributed by atoms with Crippen LogP contribution in [-0.2, 0) is 0 Å². The van der Waals surface area contributed by atoms with Crippen LogP contribution in [0.5, 0.6) is 23.0 Å². The third kappa shape index (κ3) is 4.56. The molecule has 128 valence electrons. The Bertz CT molecular complexity index is 553. The number of carbonyl (C=O) groups is 1. The molecule has 1 rings (SSSR count). The summed E-state index contributed by atoms with van der Waals surface area (Å²) in [6, 6.07) is 0.828. The number of ether oxygens (including phenoxy) is 4. The van der Waals surface area contributed by atoms with Crippen LogP contribution in [0.15, 0.2) is 11.1 Å². The lowest BCUT2D eigenvalue weighted by Gasteiger charge is -2.20. The summed E-state index contributed by atoms with van der Waals surface area (Å²) in [4.78, 5) is 15.3. The lowest BCUT2D eigenvalue weighted by atomic mass is 10.2. The van der Waals surface area contributed by atoms with Crippen LogP contribution in [0.4, 0.5) is 10.5 Å². The number of methoxy groups -OCH3 is 2. The molecule has 5 N–H and O–H groups in total. The zero-order valence-electron chi connectivity index (χ0n) is 13.6. The summed E-state index contributed by atoms with van der Waals surface area (Å²) in [5.41, 5.74) is 10.6. The summed E-state index contributed by atoms with van der Waals surface area (Å²) in [6.07, 6.45) is 0. The molecule has 0 spiro atoms. The Balaban J connectivity index is 3.49. The molecule has 0 aromatic heterocycles. The third-order valence-electron chi connectivity index (χ3n) is 2.64. The molecule has 0 unspecified atom stereocenters. The minimum atomic E-state index is -0.776. The fourth-order valence-electron chi connectivity index (χ4n) is 1.84. The van der Waals surface area contributed by atoms with E-state index in [4.69, 9.17) is 30.4 Å². The number of hydrogen-bond donors (Lipinski definition) is 3. The molecular formula is C14H22N4O5. The number of nitrogens with one attached hydrogen (secondary N) is 1. The molecule has 9 heteroatoms. The van der Waals surface area contributed by atoms with E-state index in [0.717, 1.165) is 0 Å². The van der Waals surface area contributed by atoms with Gasteiger partial charge in [0, 0.05) is 6.07 Å². The van der Waals surface area contributed by atoms with Gasteiger partial charge in [0.1, 0.15) is 5.69 Å². The molecule has 0 heterocycles. The Morgan fingerprint density at radius 1 is 1.09 bits per heavy atom. The van der Waals surface area contributed by atoms with E-state index in [1.165, 1.54) is 14.2 Å². The number of nitrogens with zero attached hydrogens (tertiary/aromatic N) is 1. The summed E-state index contributed by atoms with van der Waals surface area (Å²) in [6.45, 7) is 4.29. The Morgan fingerprint density at radius 2 is 1.57 bits per heavy atom. The second kappa shape index (κ2) is 8.57. The van der Waals surface area contributed by atoms with Crippen molar-refractivity contribution in [2.24, 2.45) is 16.5 Å². The highest BCUT2D eigenvalue weighted by Crippen LogP contribution is 2.48. The normalized spacial score (nSPS) is 9.74. The van der Waals surface area contributed by atoms with Crippen molar-refractivity contribution in [3.8, 4) is 23.0 Å². The van der Waals surface area contributed by atoms with Gasteiger partial charge in [-0.3, -0.25) is 5.32 Å². The predicted molar refractivity (Wildman–Crippen MR) is 86.7 cm³/mol. The quantitative estimate of drug-likeness (QED) is 0.508. The van der Waals surface area contributed by atoms with Crippen LogP contribution in [0.3, 0.4) is 0 Å². The molecule has 0 aliphatic rings. The predicted octanol–water partition coefficient (Wildman–Crippen LogP) is 1.31. The van der Waals surface area contributed by atoms with Gasteiger partial charge in [0.15, 0.2) is 29.0 Å². The fraction of sp³-hybridized carbons (Fsp3) is 0.429. The standard InChI is InChI=1S/C14H22N4O5/c1-5-22-11-8(20-3)7-9(21-4)12(23-6-2)10(11)17-14(19)18-13(15)16/h7H,5-6H2,1-4H3,(H5,15,16,17,18,19). The second-order valence-electron chi connectivity index (χ2n) is 4.15. The van der Waals surface area contributed by atoms with Gasteiger partial charge in [0.25, 0.3) is 0 Å². The van der Waals surface area contributed by atoms with Crippen molar-refractivity contribution in [3.05, 3.63) is 6.07 Å². The Labute approximate surface area is 134 Å². The van der Waals surface area contributed by atoms with E-state index in [2.05, 4.69) is 10.3 Å². The van der Waals surface area contributed by atoms with Gasteiger partial charge in [-0.1, -0.05) is 0 Å². The van der Waals surface area contributed by atoms with Crippen molar-refractivity contribution in [3.63, 3.8) is 0 Å². The summed E-state index contributed by atoms with van der Waals surface area (Å²) in [7, 11) is 2.94. The Kier molecular flexibility index (Phi) is 6.78. The van der Waals surface area contributed by atoms with Crippen LogP contribution in [0.1, 0.15) is 13.8 Å². The van der Waals surface area contributed by atoms with Gasteiger partial charge in [0.2, 0.25) is 0 Å². The number of rotatable bonds is 7. The van der Waals surface area contributed by atoms with Gasteiger partial charge >= 0.3 is 6.03 Å². The minimum absolute atomic E-state index is 0.222. The molecule has 0 bridgehead atoms. The number of amides is 2. The maximum absolute atomic E-state index is 11.9. The number of hydrogen-bond acceptors (Lipinski definition) is 5. The van der Waals surface area contributed by atoms with Crippen LogP contribution in [0.2, 0.25) is 0 Å². The molecular weight excluding hydrogens is 304 g/mol. The first-order chi connectivity index (χ1) is 11.0. The molecule has 0 saturated carbocycles. The first-order valence-corrected chi connectivity index (χ1v) is 6.93. The highest BCUT2D eigenvalue weighted by Gasteiger charge is 2.23. The summed E-state index contributed by atoms with van der Waals surface area (Å²) < 4.78 is 21.7. The van der Waals surface area contributed by atoms with Gasteiger partial charge in [-0.15, -0.1) is 0 Å². The van der Waals surface area contributed by atoms with Crippen molar-refractivity contribution in [2.45, 2.75) is 13.8 Å². The topological polar surface area (TPSA) is 130 Å². The molecule has 0 saturated heterocycles. The Morgan fingerprint density at radius 3 is 1.91 bits per heavy atom. The molecule has 0 aliphatic heterocycles. The number of aliphatic imine (C=N–C) groups is 1. The number of anilines is 1. The number of guanidine groups is 1. The van der Waals surface area contributed by atoms with Crippen molar-refractivity contribution in [1.82, 2.24) is 0 Å². The van der Waals surface area contributed by atoms with Crippen molar-refractivity contribution in [1.29, 1.82) is 0 Å². The van der Waals surface area contributed by atoms with Crippen molar-refractivity contribution in [2.75, 3.05) is 32.8 Å². The first-order valence-electron chi connectivity index (χ1n) is 6.93. The highest BCUT2D eigenvalue weighted by atomic mass is 16.5. The molecule has 2 amide bonds. The van der Waals surface area contributed by atoms with Crippen LogP contribution < -0.4 is 35.7 Å². The molecule has 0 atom stereocenters. The molecule has 0 radical (unpaired) electrons.